The summed E-state index contributed by atoms with van der Waals surface area (Å²) in [5.41, 5.74) is 1.49. The van der Waals surface area contributed by atoms with E-state index in [1.807, 2.05) is 36.4 Å². The van der Waals surface area contributed by atoms with Gasteiger partial charge in [-0.1, -0.05) is 24.3 Å². The van der Waals surface area contributed by atoms with E-state index in [9.17, 15) is 4.79 Å². The van der Waals surface area contributed by atoms with E-state index in [-0.39, 0.29) is 6.03 Å². The van der Waals surface area contributed by atoms with Crippen LogP contribution in [0.4, 0.5) is 10.5 Å². The number of methoxy groups -OCH3 is 1. The number of anilines is 1. The largest absolute Gasteiger partial charge is 0.496 e. The fourth-order valence-electron chi connectivity index (χ4n) is 2.36. The van der Waals surface area contributed by atoms with Gasteiger partial charge in [0, 0.05) is 12.1 Å². The van der Waals surface area contributed by atoms with Gasteiger partial charge in [-0.25, -0.2) is 4.79 Å². The van der Waals surface area contributed by atoms with Gasteiger partial charge in [-0.05, 0) is 18.2 Å². The van der Waals surface area contributed by atoms with Gasteiger partial charge in [0.05, 0.1) is 12.8 Å². The third-order valence-corrected chi connectivity index (χ3v) is 3.45. The summed E-state index contributed by atoms with van der Waals surface area (Å²) in [6, 6.07) is 12.6. The second-order valence-corrected chi connectivity index (χ2v) is 4.95. The molecule has 2 amide bonds. The van der Waals surface area contributed by atoms with Crippen LogP contribution in [-0.4, -0.2) is 26.4 Å². The van der Waals surface area contributed by atoms with Crippen LogP contribution in [0.1, 0.15) is 5.56 Å². The van der Waals surface area contributed by atoms with E-state index in [1.54, 1.807) is 13.2 Å². The van der Waals surface area contributed by atoms with Crippen LogP contribution in [0.5, 0.6) is 17.2 Å². The van der Waals surface area contributed by atoms with E-state index in [1.165, 1.54) is 0 Å². The number of hydrogen-bond acceptors (Lipinski definition) is 4. The van der Waals surface area contributed by atoms with Crippen molar-refractivity contribution in [2.24, 2.45) is 0 Å². The predicted octanol–water partition coefficient (Wildman–Crippen LogP) is 2.79. The Balaban J connectivity index is 1.64. The number of amides is 2. The predicted molar refractivity (Wildman–Crippen MR) is 86.3 cm³/mol. The van der Waals surface area contributed by atoms with Crippen LogP contribution in [0.25, 0.3) is 0 Å². The molecule has 6 nitrogen and oxygen atoms in total. The molecule has 2 aromatic carbocycles. The van der Waals surface area contributed by atoms with Gasteiger partial charge in [0.1, 0.15) is 19.0 Å². The molecule has 0 saturated carbocycles. The number of fused-ring (bicyclic) bond motifs is 1. The zero-order chi connectivity index (χ0) is 16.1. The van der Waals surface area contributed by atoms with E-state index in [4.69, 9.17) is 14.2 Å². The minimum absolute atomic E-state index is 0.321. The van der Waals surface area contributed by atoms with Crippen molar-refractivity contribution >= 4 is 11.7 Å². The number of carbonyl (C=O) groups excluding carboxylic acids is 1. The first-order chi connectivity index (χ1) is 11.3. The lowest BCUT2D eigenvalue weighted by atomic mass is 10.2. The van der Waals surface area contributed by atoms with Crippen LogP contribution in [0.15, 0.2) is 42.5 Å². The molecule has 1 aliphatic rings. The highest BCUT2D eigenvalue weighted by atomic mass is 16.6. The van der Waals surface area contributed by atoms with Crippen molar-refractivity contribution in [2.75, 3.05) is 25.6 Å². The number of ether oxygens (including phenoxy) is 3. The number of rotatable bonds is 4. The Kier molecular flexibility index (Phi) is 4.52. The van der Waals surface area contributed by atoms with Gasteiger partial charge >= 0.3 is 6.03 Å². The van der Waals surface area contributed by atoms with E-state index in [0.29, 0.717) is 36.9 Å². The molecule has 0 aromatic heterocycles. The van der Waals surface area contributed by atoms with Crippen LogP contribution in [0, 0.1) is 0 Å². The molecule has 1 heterocycles. The summed E-state index contributed by atoms with van der Waals surface area (Å²) in [5.74, 6) is 1.94. The maximum absolute atomic E-state index is 12.1. The monoisotopic (exact) mass is 314 g/mol. The summed E-state index contributed by atoms with van der Waals surface area (Å²) in [5, 5.41) is 5.58. The number of urea groups is 1. The number of carbonyl (C=O) groups is 1. The highest BCUT2D eigenvalue weighted by molar-refractivity contribution is 5.91. The molecule has 0 atom stereocenters. The van der Waals surface area contributed by atoms with E-state index in [2.05, 4.69) is 10.6 Å². The Morgan fingerprint density at radius 2 is 1.96 bits per heavy atom. The van der Waals surface area contributed by atoms with Gasteiger partial charge in [-0.3, -0.25) is 0 Å². The Morgan fingerprint density at radius 3 is 2.83 bits per heavy atom. The summed E-state index contributed by atoms with van der Waals surface area (Å²) in [7, 11) is 1.60. The lowest BCUT2D eigenvalue weighted by Crippen LogP contribution is -2.29. The normalized spacial score (nSPS) is 12.4. The average Bonchev–Trinajstić information content (AvgIpc) is 2.60. The molecule has 3 rings (SSSR count). The molecule has 0 saturated heterocycles. The minimum atomic E-state index is -0.321. The molecule has 0 radical (unpaired) electrons. The standard InChI is InChI=1S/C17H18N2O4/c1-21-14-7-3-2-5-12(14)11-18-17(20)19-13-6-4-8-15-16(13)23-10-9-22-15/h2-8H,9-11H2,1H3,(H2,18,19,20). The van der Waals surface area contributed by atoms with Gasteiger partial charge in [-0.15, -0.1) is 0 Å². The highest BCUT2D eigenvalue weighted by Gasteiger charge is 2.17. The fourth-order valence-corrected chi connectivity index (χ4v) is 2.36. The molecule has 6 heteroatoms. The van der Waals surface area contributed by atoms with Gasteiger partial charge < -0.3 is 24.8 Å². The molecule has 0 bridgehead atoms. The summed E-state index contributed by atoms with van der Waals surface area (Å²) in [6.07, 6.45) is 0. The maximum atomic E-state index is 12.1. The van der Waals surface area contributed by atoms with E-state index in [0.717, 1.165) is 11.3 Å². The molecule has 0 aliphatic carbocycles. The van der Waals surface area contributed by atoms with Crippen LogP contribution in [0.2, 0.25) is 0 Å². The number of hydrogen-bond donors (Lipinski definition) is 2. The SMILES string of the molecule is COc1ccccc1CNC(=O)Nc1cccc2c1OCCO2. The minimum Gasteiger partial charge on any atom is -0.496 e. The molecular formula is C17H18N2O4. The van der Waals surface area contributed by atoms with Gasteiger partial charge in [0.25, 0.3) is 0 Å². The molecule has 2 N–H and O–H groups in total. The van der Waals surface area contributed by atoms with Gasteiger partial charge in [-0.2, -0.15) is 0 Å². The third-order valence-electron chi connectivity index (χ3n) is 3.45. The fraction of sp³-hybridized carbons (Fsp3) is 0.235. The second kappa shape index (κ2) is 6.91. The summed E-state index contributed by atoms with van der Waals surface area (Å²) >= 11 is 0. The highest BCUT2D eigenvalue weighted by Crippen LogP contribution is 2.37. The van der Waals surface area contributed by atoms with Crippen LogP contribution < -0.4 is 24.8 Å². The third kappa shape index (κ3) is 3.48. The Labute approximate surface area is 134 Å². The molecule has 120 valence electrons. The van der Waals surface area contributed by atoms with Crippen molar-refractivity contribution < 1.29 is 19.0 Å². The van der Waals surface area contributed by atoms with Crippen molar-refractivity contribution in [1.29, 1.82) is 0 Å². The zero-order valence-corrected chi connectivity index (χ0v) is 12.8. The van der Waals surface area contributed by atoms with E-state index >= 15 is 0 Å². The number of benzene rings is 2. The molecule has 0 fully saturated rings. The van der Waals surface area contributed by atoms with E-state index < -0.39 is 0 Å². The molecular weight excluding hydrogens is 296 g/mol. The maximum Gasteiger partial charge on any atom is 0.319 e. The lowest BCUT2D eigenvalue weighted by molar-refractivity contribution is 0.172. The summed E-state index contributed by atoms with van der Waals surface area (Å²) in [4.78, 5) is 12.1. The van der Waals surface area contributed by atoms with Gasteiger partial charge in [0.2, 0.25) is 0 Å². The Morgan fingerprint density at radius 1 is 1.13 bits per heavy atom. The first-order valence-electron chi connectivity index (χ1n) is 7.33. The Hall–Kier alpha value is -2.89. The van der Waals surface area contributed by atoms with Crippen LogP contribution in [0.3, 0.4) is 0 Å². The average molecular weight is 314 g/mol. The van der Waals surface area contributed by atoms with Crippen molar-refractivity contribution in [3.63, 3.8) is 0 Å². The molecule has 0 spiro atoms. The molecule has 2 aromatic rings. The topological polar surface area (TPSA) is 68.8 Å². The first kappa shape index (κ1) is 15.0. The number of nitrogens with one attached hydrogen (secondary N) is 2. The van der Waals surface area contributed by atoms with Crippen molar-refractivity contribution in [1.82, 2.24) is 5.32 Å². The number of para-hydroxylation sites is 2. The molecule has 1 aliphatic heterocycles. The summed E-state index contributed by atoms with van der Waals surface area (Å²) < 4.78 is 16.3. The Bertz CT molecular complexity index is 703. The summed E-state index contributed by atoms with van der Waals surface area (Å²) in [6.45, 7) is 1.34. The van der Waals surface area contributed by atoms with Crippen molar-refractivity contribution in [3.8, 4) is 17.2 Å². The lowest BCUT2D eigenvalue weighted by Gasteiger charge is -2.21. The smallest absolute Gasteiger partial charge is 0.319 e. The van der Waals surface area contributed by atoms with Crippen LogP contribution >= 0.6 is 0 Å². The van der Waals surface area contributed by atoms with Crippen molar-refractivity contribution in [2.45, 2.75) is 6.54 Å². The molecule has 23 heavy (non-hydrogen) atoms. The quantitative estimate of drug-likeness (QED) is 0.910. The van der Waals surface area contributed by atoms with Crippen LogP contribution in [-0.2, 0) is 6.54 Å². The van der Waals surface area contributed by atoms with Gasteiger partial charge in [0.15, 0.2) is 11.5 Å². The first-order valence-corrected chi connectivity index (χ1v) is 7.33. The second-order valence-electron chi connectivity index (χ2n) is 4.95. The molecule has 0 unspecified atom stereocenters. The zero-order valence-electron chi connectivity index (χ0n) is 12.8. The van der Waals surface area contributed by atoms with Crippen molar-refractivity contribution in [3.05, 3.63) is 48.0 Å².